The molecule has 18 heavy (non-hydrogen) atoms. The second-order valence-corrected chi connectivity index (χ2v) is 5.09. The molecule has 98 valence electrons. The summed E-state index contributed by atoms with van der Waals surface area (Å²) >= 11 is 0. The third-order valence-electron chi connectivity index (χ3n) is 2.35. The molecule has 0 bridgehead atoms. The van der Waals surface area contributed by atoms with E-state index in [4.69, 9.17) is 10.5 Å². The molecule has 0 spiro atoms. The van der Waals surface area contributed by atoms with Crippen LogP contribution in [0.1, 0.15) is 38.8 Å². The number of hydrogen-bond acceptors (Lipinski definition) is 2. The van der Waals surface area contributed by atoms with Gasteiger partial charge in [0.15, 0.2) is 0 Å². The molecule has 0 heterocycles. The smallest absolute Gasteiger partial charge is 0.120 e. The summed E-state index contributed by atoms with van der Waals surface area (Å²) in [5.74, 6) is 1.35. The van der Waals surface area contributed by atoms with Crippen LogP contribution in [-0.4, -0.2) is 6.10 Å². The van der Waals surface area contributed by atoms with E-state index in [2.05, 4.69) is 32.6 Å². The first-order valence-corrected chi connectivity index (χ1v) is 6.33. The number of nitrogens with two attached hydrogens (primary N) is 1. The Morgan fingerprint density at radius 3 is 2.39 bits per heavy atom. The largest absolute Gasteiger partial charge is 0.491 e. The normalized spacial score (nSPS) is 11.4. The molecule has 0 radical (unpaired) electrons. The second-order valence-electron chi connectivity index (χ2n) is 5.09. The minimum absolute atomic E-state index is 0.146. The van der Waals surface area contributed by atoms with Crippen molar-refractivity contribution in [2.45, 2.75) is 33.8 Å². The van der Waals surface area contributed by atoms with Crippen LogP contribution in [0.25, 0.3) is 11.8 Å². The van der Waals surface area contributed by atoms with Gasteiger partial charge in [0.25, 0.3) is 0 Å². The van der Waals surface area contributed by atoms with Gasteiger partial charge >= 0.3 is 0 Å². The summed E-state index contributed by atoms with van der Waals surface area (Å²) in [7, 11) is 0. The van der Waals surface area contributed by atoms with Gasteiger partial charge in [0.2, 0.25) is 0 Å². The Bertz CT molecular complexity index is 444. The molecule has 2 heteroatoms. The number of rotatable bonds is 5. The molecule has 0 aliphatic heterocycles. The Hall–Kier alpha value is -1.70. The van der Waals surface area contributed by atoms with Gasteiger partial charge < -0.3 is 10.5 Å². The van der Waals surface area contributed by atoms with Crippen molar-refractivity contribution < 1.29 is 4.74 Å². The first-order valence-electron chi connectivity index (χ1n) is 6.33. The lowest BCUT2D eigenvalue weighted by molar-refractivity contribution is 0.242. The molecule has 1 aromatic rings. The lowest BCUT2D eigenvalue weighted by atomic mass is 10.1. The van der Waals surface area contributed by atoms with Crippen LogP contribution >= 0.6 is 0 Å². The Morgan fingerprint density at radius 1 is 1.22 bits per heavy atom. The van der Waals surface area contributed by atoms with Crippen molar-refractivity contribution in [1.29, 1.82) is 0 Å². The quantitative estimate of drug-likeness (QED) is 0.848. The predicted octanol–water partition coefficient (Wildman–Crippen LogP) is 4.07. The highest BCUT2D eigenvalue weighted by atomic mass is 16.5. The van der Waals surface area contributed by atoms with Crippen LogP contribution in [0, 0.1) is 5.92 Å². The fourth-order valence-electron chi connectivity index (χ4n) is 1.55. The first kappa shape index (κ1) is 14.4. The van der Waals surface area contributed by atoms with E-state index in [0.717, 1.165) is 16.9 Å². The highest BCUT2D eigenvalue weighted by molar-refractivity contribution is 5.66. The topological polar surface area (TPSA) is 35.2 Å². The van der Waals surface area contributed by atoms with Crippen molar-refractivity contribution in [3.8, 4) is 5.75 Å². The summed E-state index contributed by atoms with van der Waals surface area (Å²) < 4.78 is 5.72. The molecule has 0 aliphatic rings. The maximum Gasteiger partial charge on any atom is 0.120 e. The van der Waals surface area contributed by atoms with Gasteiger partial charge in [0, 0.05) is 11.3 Å². The van der Waals surface area contributed by atoms with Gasteiger partial charge in [-0.05, 0) is 43.5 Å². The number of hydrogen-bond donors (Lipinski definition) is 1. The fourth-order valence-corrected chi connectivity index (χ4v) is 1.55. The average molecular weight is 245 g/mol. The van der Waals surface area contributed by atoms with E-state index in [1.54, 1.807) is 0 Å². The van der Waals surface area contributed by atoms with Crippen LogP contribution in [0.5, 0.6) is 5.75 Å². The van der Waals surface area contributed by atoms with Gasteiger partial charge in [-0.25, -0.2) is 0 Å². The third kappa shape index (κ3) is 4.66. The molecule has 0 fully saturated rings. The Balaban J connectivity index is 3.09. The van der Waals surface area contributed by atoms with E-state index >= 15 is 0 Å². The molecule has 0 aromatic heterocycles. The van der Waals surface area contributed by atoms with Crippen molar-refractivity contribution in [2.75, 3.05) is 0 Å². The maximum absolute atomic E-state index is 5.76. The Kier molecular flexibility index (Phi) is 5.02. The Labute approximate surface area is 110 Å². The van der Waals surface area contributed by atoms with Gasteiger partial charge in [0.05, 0.1) is 6.10 Å². The zero-order chi connectivity index (χ0) is 13.7. The van der Waals surface area contributed by atoms with Crippen LogP contribution in [0.4, 0.5) is 0 Å². The van der Waals surface area contributed by atoms with E-state index < -0.39 is 0 Å². The zero-order valence-corrected chi connectivity index (χ0v) is 11.7. The monoisotopic (exact) mass is 245 g/mol. The molecule has 0 saturated heterocycles. The molecule has 1 aromatic carbocycles. The molecular weight excluding hydrogens is 222 g/mol. The highest BCUT2D eigenvalue weighted by Crippen LogP contribution is 2.22. The fraction of sp³-hybridized carbons (Fsp3) is 0.375. The highest BCUT2D eigenvalue weighted by Gasteiger charge is 2.03. The van der Waals surface area contributed by atoms with Gasteiger partial charge in [-0.3, -0.25) is 0 Å². The summed E-state index contributed by atoms with van der Waals surface area (Å²) in [6, 6.07) is 5.97. The van der Waals surface area contributed by atoms with Crippen molar-refractivity contribution in [2.24, 2.45) is 11.7 Å². The molecule has 2 nitrogen and oxygen atoms in total. The van der Waals surface area contributed by atoms with E-state index in [1.807, 2.05) is 32.0 Å². The summed E-state index contributed by atoms with van der Waals surface area (Å²) in [4.78, 5) is 0. The van der Waals surface area contributed by atoms with E-state index in [0.29, 0.717) is 11.6 Å². The van der Waals surface area contributed by atoms with Crippen LogP contribution in [0.3, 0.4) is 0 Å². The minimum atomic E-state index is 0.146. The van der Waals surface area contributed by atoms with E-state index in [9.17, 15) is 0 Å². The lowest BCUT2D eigenvalue weighted by Crippen LogP contribution is -2.06. The van der Waals surface area contributed by atoms with Crippen LogP contribution in [0.15, 0.2) is 30.9 Å². The van der Waals surface area contributed by atoms with Gasteiger partial charge in [-0.15, -0.1) is 0 Å². The van der Waals surface area contributed by atoms with Gasteiger partial charge in [-0.1, -0.05) is 32.6 Å². The maximum atomic E-state index is 5.76. The molecule has 0 unspecified atom stereocenters. The number of ether oxygens (including phenoxy) is 1. The SMILES string of the molecule is C=C(N)c1cc(/C=C\C(C)C)cc(OC(C)C)c1. The third-order valence-corrected chi connectivity index (χ3v) is 2.35. The minimum Gasteiger partial charge on any atom is -0.491 e. The molecule has 0 saturated carbocycles. The molecule has 1 rings (SSSR count). The van der Waals surface area contributed by atoms with Crippen molar-refractivity contribution in [1.82, 2.24) is 0 Å². The summed E-state index contributed by atoms with van der Waals surface area (Å²) in [6.07, 6.45) is 4.38. The number of allylic oxidation sites excluding steroid dienone is 1. The van der Waals surface area contributed by atoms with Crippen molar-refractivity contribution >= 4 is 11.8 Å². The summed E-state index contributed by atoms with van der Waals surface area (Å²) in [5.41, 5.74) is 8.32. The van der Waals surface area contributed by atoms with Crippen molar-refractivity contribution in [3.63, 3.8) is 0 Å². The molecule has 0 aliphatic carbocycles. The standard InChI is InChI=1S/C16H23NO/c1-11(2)6-7-14-8-15(13(5)17)10-16(9-14)18-12(3)4/h6-12H,5,17H2,1-4H3/b7-6-. The summed E-state index contributed by atoms with van der Waals surface area (Å²) in [6.45, 7) is 12.1. The van der Waals surface area contributed by atoms with E-state index in [1.165, 1.54) is 0 Å². The van der Waals surface area contributed by atoms with Crippen LogP contribution < -0.4 is 10.5 Å². The second kappa shape index (κ2) is 6.29. The first-order chi connectivity index (χ1) is 8.38. The molecule has 0 atom stereocenters. The molecule has 2 N–H and O–H groups in total. The molecule has 0 amide bonds. The predicted molar refractivity (Wildman–Crippen MR) is 79.3 cm³/mol. The van der Waals surface area contributed by atoms with Crippen LogP contribution in [0.2, 0.25) is 0 Å². The zero-order valence-electron chi connectivity index (χ0n) is 11.7. The van der Waals surface area contributed by atoms with Gasteiger partial charge in [-0.2, -0.15) is 0 Å². The lowest BCUT2D eigenvalue weighted by Gasteiger charge is -2.12. The summed E-state index contributed by atoms with van der Waals surface area (Å²) in [5, 5.41) is 0. The van der Waals surface area contributed by atoms with E-state index in [-0.39, 0.29) is 6.10 Å². The van der Waals surface area contributed by atoms with Gasteiger partial charge in [0.1, 0.15) is 5.75 Å². The molecular formula is C16H23NO. The average Bonchev–Trinajstić information content (AvgIpc) is 2.25. The van der Waals surface area contributed by atoms with Crippen molar-refractivity contribution in [3.05, 3.63) is 42.0 Å². The van der Waals surface area contributed by atoms with Crippen LogP contribution in [-0.2, 0) is 0 Å². The Morgan fingerprint density at radius 2 is 1.89 bits per heavy atom. The number of benzene rings is 1.